The van der Waals surface area contributed by atoms with Crippen LogP contribution in [0.3, 0.4) is 0 Å². The summed E-state index contributed by atoms with van der Waals surface area (Å²) in [6, 6.07) is 0.793. The molecule has 4 nitrogen and oxygen atoms in total. The minimum absolute atomic E-state index is 0.0564. The molecule has 1 aliphatic carbocycles. The van der Waals surface area contributed by atoms with Gasteiger partial charge in [0.05, 0.1) is 11.2 Å². The Morgan fingerprint density at radius 2 is 1.82 bits per heavy atom. The Morgan fingerprint density at radius 3 is 2.41 bits per heavy atom. The van der Waals surface area contributed by atoms with Crippen molar-refractivity contribution in [3.63, 3.8) is 0 Å². The lowest BCUT2D eigenvalue weighted by atomic mass is 9.93. The van der Waals surface area contributed by atoms with Gasteiger partial charge in [0.2, 0.25) is 5.91 Å². The summed E-state index contributed by atoms with van der Waals surface area (Å²) >= 11 is 0. The van der Waals surface area contributed by atoms with Crippen molar-refractivity contribution < 1.29 is 9.53 Å². The molecular weight excluding hydrogens is 276 g/mol. The number of amides is 1. The van der Waals surface area contributed by atoms with Crippen LogP contribution in [0, 0.1) is 5.92 Å². The second kappa shape index (κ2) is 5.79. The van der Waals surface area contributed by atoms with Gasteiger partial charge in [-0.1, -0.05) is 12.8 Å². The summed E-state index contributed by atoms with van der Waals surface area (Å²) in [4.78, 5) is 14.6. The highest BCUT2D eigenvalue weighted by molar-refractivity contribution is 5.79. The van der Waals surface area contributed by atoms with Gasteiger partial charge < -0.3 is 15.0 Å². The van der Waals surface area contributed by atoms with Crippen LogP contribution < -0.4 is 5.32 Å². The van der Waals surface area contributed by atoms with Gasteiger partial charge in [0.15, 0.2) is 0 Å². The third-order valence-electron chi connectivity index (χ3n) is 5.72. The first-order chi connectivity index (χ1) is 10.3. The van der Waals surface area contributed by atoms with E-state index >= 15 is 0 Å². The predicted molar refractivity (Wildman–Crippen MR) is 87.7 cm³/mol. The molecule has 0 aromatic heterocycles. The first-order valence-corrected chi connectivity index (χ1v) is 9.02. The SMILES string of the molecule is CC1(C)C[C@@H](N[C@H]2CCN(C(=O)C3CCCC3)C2)C(C)(C)O1. The monoisotopic (exact) mass is 308 g/mol. The van der Waals surface area contributed by atoms with E-state index in [4.69, 9.17) is 4.74 Å². The van der Waals surface area contributed by atoms with Gasteiger partial charge in [-0.2, -0.15) is 0 Å². The summed E-state index contributed by atoms with van der Waals surface area (Å²) in [5.41, 5.74) is -0.189. The summed E-state index contributed by atoms with van der Waals surface area (Å²) in [5, 5.41) is 3.78. The van der Waals surface area contributed by atoms with E-state index in [0.717, 1.165) is 38.8 Å². The Bertz CT molecular complexity index is 427. The molecule has 2 atom stereocenters. The molecule has 22 heavy (non-hydrogen) atoms. The van der Waals surface area contributed by atoms with Gasteiger partial charge in [0, 0.05) is 31.1 Å². The molecule has 1 N–H and O–H groups in total. The predicted octanol–water partition coefficient (Wildman–Crippen LogP) is 2.71. The summed E-state index contributed by atoms with van der Waals surface area (Å²) in [6.45, 7) is 10.5. The average Bonchev–Trinajstić information content (AvgIpc) is 3.10. The van der Waals surface area contributed by atoms with Crippen molar-refractivity contribution in [1.82, 2.24) is 10.2 Å². The van der Waals surface area contributed by atoms with Crippen molar-refractivity contribution in [2.75, 3.05) is 13.1 Å². The van der Waals surface area contributed by atoms with Gasteiger partial charge in [-0.3, -0.25) is 4.79 Å². The van der Waals surface area contributed by atoms with Crippen LogP contribution in [0.2, 0.25) is 0 Å². The van der Waals surface area contributed by atoms with Crippen molar-refractivity contribution in [3.05, 3.63) is 0 Å². The minimum atomic E-state index is -0.133. The van der Waals surface area contributed by atoms with Gasteiger partial charge in [-0.25, -0.2) is 0 Å². The fraction of sp³-hybridized carbons (Fsp3) is 0.944. The van der Waals surface area contributed by atoms with Crippen molar-refractivity contribution in [2.45, 2.75) is 89.5 Å². The summed E-state index contributed by atoms with van der Waals surface area (Å²) in [5.74, 6) is 0.716. The number of likely N-dealkylation sites (tertiary alicyclic amines) is 1. The van der Waals surface area contributed by atoms with E-state index in [9.17, 15) is 4.79 Å². The quantitative estimate of drug-likeness (QED) is 0.871. The first-order valence-electron chi connectivity index (χ1n) is 9.02. The molecule has 3 aliphatic rings. The number of ether oxygens (including phenoxy) is 1. The molecule has 126 valence electrons. The van der Waals surface area contributed by atoms with Crippen LogP contribution in [-0.4, -0.2) is 47.2 Å². The zero-order valence-electron chi connectivity index (χ0n) is 14.7. The molecule has 0 spiro atoms. The van der Waals surface area contributed by atoms with Crippen LogP contribution >= 0.6 is 0 Å². The molecular formula is C18H32N2O2. The van der Waals surface area contributed by atoms with Crippen LogP contribution in [-0.2, 0) is 9.53 Å². The smallest absolute Gasteiger partial charge is 0.225 e. The molecule has 0 aromatic carbocycles. The maximum Gasteiger partial charge on any atom is 0.225 e. The third kappa shape index (κ3) is 3.33. The Balaban J connectivity index is 1.54. The standard InChI is InChI=1S/C18H32N2O2/c1-17(2)11-15(18(3,4)22-17)19-14-9-10-20(12-14)16(21)13-7-5-6-8-13/h13-15,19H,5-12H2,1-4H3/t14-,15+/m0/s1. The lowest BCUT2D eigenvalue weighted by Crippen LogP contribution is -2.49. The Kier molecular flexibility index (Phi) is 4.28. The molecule has 0 unspecified atom stereocenters. The van der Waals surface area contributed by atoms with Crippen molar-refractivity contribution in [1.29, 1.82) is 0 Å². The molecule has 2 saturated heterocycles. The highest BCUT2D eigenvalue weighted by atomic mass is 16.5. The molecule has 0 radical (unpaired) electrons. The van der Waals surface area contributed by atoms with Crippen LogP contribution in [0.5, 0.6) is 0 Å². The molecule has 4 heteroatoms. The lowest BCUT2D eigenvalue weighted by molar-refractivity contribution is -0.134. The second-order valence-electron chi connectivity index (χ2n) is 8.64. The zero-order chi connectivity index (χ0) is 16.0. The van der Waals surface area contributed by atoms with Crippen LogP contribution in [0.25, 0.3) is 0 Å². The van der Waals surface area contributed by atoms with Crippen LogP contribution in [0.15, 0.2) is 0 Å². The molecule has 1 saturated carbocycles. The van der Waals surface area contributed by atoms with Gasteiger partial charge >= 0.3 is 0 Å². The largest absolute Gasteiger partial charge is 0.368 e. The fourth-order valence-corrected chi connectivity index (χ4v) is 4.63. The first kappa shape index (κ1) is 16.3. The van der Waals surface area contributed by atoms with E-state index in [1.807, 2.05) is 0 Å². The highest BCUT2D eigenvalue weighted by Crippen LogP contribution is 2.38. The van der Waals surface area contributed by atoms with E-state index < -0.39 is 0 Å². The van der Waals surface area contributed by atoms with E-state index in [0.29, 0.717) is 23.9 Å². The maximum absolute atomic E-state index is 12.5. The minimum Gasteiger partial charge on any atom is -0.368 e. The topological polar surface area (TPSA) is 41.6 Å². The van der Waals surface area contributed by atoms with E-state index in [1.54, 1.807) is 0 Å². The molecule has 1 amide bonds. The summed E-state index contributed by atoms with van der Waals surface area (Å²) in [6.07, 6.45) is 6.78. The van der Waals surface area contributed by atoms with Gasteiger partial charge in [0.25, 0.3) is 0 Å². The van der Waals surface area contributed by atoms with E-state index in [1.165, 1.54) is 12.8 Å². The number of carbonyl (C=O) groups is 1. The molecule has 0 bridgehead atoms. The van der Waals surface area contributed by atoms with E-state index in [-0.39, 0.29) is 11.2 Å². The molecule has 2 aliphatic heterocycles. The van der Waals surface area contributed by atoms with Crippen LogP contribution in [0.1, 0.15) is 66.2 Å². The molecule has 3 fully saturated rings. The number of nitrogens with one attached hydrogen (secondary N) is 1. The fourth-order valence-electron chi connectivity index (χ4n) is 4.63. The average molecular weight is 308 g/mol. The summed E-state index contributed by atoms with van der Waals surface area (Å²) < 4.78 is 6.17. The number of nitrogens with zero attached hydrogens (tertiary/aromatic N) is 1. The van der Waals surface area contributed by atoms with E-state index in [2.05, 4.69) is 37.9 Å². The normalized spacial score (nSPS) is 34.5. The van der Waals surface area contributed by atoms with Crippen molar-refractivity contribution in [3.8, 4) is 0 Å². The van der Waals surface area contributed by atoms with Gasteiger partial charge in [-0.05, 0) is 53.4 Å². The van der Waals surface area contributed by atoms with Crippen LogP contribution in [0.4, 0.5) is 0 Å². The van der Waals surface area contributed by atoms with Gasteiger partial charge in [-0.15, -0.1) is 0 Å². The number of hydrogen-bond acceptors (Lipinski definition) is 3. The Morgan fingerprint density at radius 1 is 1.14 bits per heavy atom. The Labute approximate surface area is 135 Å². The van der Waals surface area contributed by atoms with Gasteiger partial charge in [0.1, 0.15) is 0 Å². The highest BCUT2D eigenvalue weighted by Gasteiger charge is 2.47. The molecule has 0 aromatic rings. The third-order valence-corrected chi connectivity index (χ3v) is 5.72. The maximum atomic E-state index is 12.5. The lowest BCUT2D eigenvalue weighted by Gasteiger charge is -2.30. The second-order valence-corrected chi connectivity index (χ2v) is 8.64. The number of hydrogen-bond donors (Lipinski definition) is 1. The number of rotatable bonds is 3. The van der Waals surface area contributed by atoms with Crippen molar-refractivity contribution >= 4 is 5.91 Å². The number of carbonyl (C=O) groups excluding carboxylic acids is 1. The molecule has 3 rings (SSSR count). The molecule has 2 heterocycles. The summed E-state index contributed by atoms with van der Waals surface area (Å²) in [7, 11) is 0. The Hall–Kier alpha value is -0.610. The zero-order valence-corrected chi connectivity index (χ0v) is 14.7. The van der Waals surface area contributed by atoms with Crippen molar-refractivity contribution in [2.24, 2.45) is 5.92 Å².